The smallest absolute Gasteiger partial charge is 0.257 e. The molecule has 1 rings (SSSR count). The predicted molar refractivity (Wildman–Crippen MR) is 78.4 cm³/mol. The first-order chi connectivity index (χ1) is 9.62. The number of carbonyl (C=O) groups excluding carboxylic acids is 1. The van der Waals surface area contributed by atoms with E-state index in [4.69, 9.17) is 25.8 Å². The molecular formula is C14H20ClNO4. The highest BCUT2D eigenvalue weighted by molar-refractivity contribution is 6.18. The molecule has 0 heterocycles. The van der Waals surface area contributed by atoms with Crippen molar-refractivity contribution in [2.45, 2.75) is 6.92 Å². The molecule has 1 aromatic carbocycles. The molecule has 0 spiro atoms. The zero-order chi connectivity index (χ0) is 15.1. The highest BCUT2D eigenvalue weighted by Crippen LogP contribution is 2.35. The molecule has 5 nitrogen and oxygen atoms in total. The number of ether oxygens (including phenoxy) is 3. The summed E-state index contributed by atoms with van der Waals surface area (Å²) in [5, 5.41) is 0. The van der Waals surface area contributed by atoms with Crippen LogP contribution in [0.5, 0.6) is 17.2 Å². The van der Waals surface area contributed by atoms with Crippen molar-refractivity contribution in [1.82, 2.24) is 4.90 Å². The van der Waals surface area contributed by atoms with E-state index in [0.717, 1.165) is 0 Å². The van der Waals surface area contributed by atoms with Crippen LogP contribution < -0.4 is 14.2 Å². The van der Waals surface area contributed by atoms with E-state index in [1.165, 1.54) is 21.3 Å². The predicted octanol–water partition coefficient (Wildman–Crippen LogP) is 2.41. The highest BCUT2D eigenvalue weighted by Gasteiger charge is 2.21. The van der Waals surface area contributed by atoms with Crippen LogP contribution in [0.1, 0.15) is 17.3 Å². The van der Waals surface area contributed by atoms with Gasteiger partial charge < -0.3 is 19.1 Å². The van der Waals surface area contributed by atoms with Gasteiger partial charge in [-0.25, -0.2) is 0 Å². The number of rotatable bonds is 7. The average molecular weight is 302 g/mol. The van der Waals surface area contributed by atoms with Gasteiger partial charge in [0.05, 0.1) is 26.9 Å². The fraction of sp³-hybridized carbons (Fsp3) is 0.500. The standard InChI is InChI=1S/C14H20ClNO4/c1-5-16(7-6-15)14(17)10-8-12(19-3)13(20-4)9-11(10)18-2/h8-9H,5-7H2,1-4H3. The van der Waals surface area contributed by atoms with Gasteiger partial charge >= 0.3 is 0 Å². The molecule has 0 radical (unpaired) electrons. The van der Waals surface area contributed by atoms with Crippen molar-refractivity contribution in [2.24, 2.45) is 0 Å². The average Bonchev–Trinajstić information content (AvgIpc) is 2.50. The molecular weight excluding hydrogens is 282 g/mol. The molecule has 20 heavy (non-hydrogen) atoms. The Balaban J connectivity index is 3.24. The summed E-state index contributed by atoms with van der Waals surface area (Å²) in [6.07, 6.45) is 0. The molecule has 0 aromatic heterocycles. The van der Waals surface area contributed by atoms with Crippen molar-refractivity contribution in [3.8, 4) is 17.2 Å². The maximum atomic E-state index is 12.5. The van der Waals surface area contributed by atoms with Gasteiger partial charge in [0.15, 0.2) is 11.5 Å². The third-order valence-electron chi connectivity index (χ3n) is 2.96. The summed E-state index contributed by atoms with van der Waals surface area (Å²) in [5.74, 6) is 1.68. The topological polar surface area (TPSA) is 48.0 Å². The molecule has 0 aliphatic carbocycles. The first kappa shape index (κ1) is 16.4. The van der Waals surface area contributed by atoms with Crippen molar-refractivity contribution < 1.29 is 19.0 Å². The number of amides is 1. The summed E-state index contributed by atoms with van der Waals surface area (Å²) in [6.45, 7) is 2.95. The van der Waals surface area contributed by atoms with Gasteiger partial charge in [-0.05, 0) is 6.92 Å². The summed E-state index contributed by atoms with van der Waals surface area (Å²) in [7, 11) is 4.56. The van der Waals surface area contributed by atoms with Gasteiger partial charge in [0, 0.05) is 31.1 Å². The minimum absolute atomic E-state index is 0.147. The number of hydrogen-bond acceptors (Lipinski definition) is 4. The molecule has 6 heteroatoms. The zero-order valence-corrected chi connectivity index (χ0v) is 13.0. The fourth-order valence-corrected chi connectivity index (χ4v) is 2.08. The Morgan fingerprint density at radius 1 is 1.10 bits per heavy atom. The van der Waals surface area contributed by atoms with Crippen LogP contribution in [0.15, 0.2) is 12.1 Å². The van der Waals surface area contributed by atoms with Crippen LogP contribution >= 0.6 is 11.6 Å². The van der Waals surface area contributed by atoms with Crippen molar-refractivity contribution in [3.05, 3.63) is 17.7 Å². The van der Waals surface area contributed by atoms with Crippen LogP contribution in [-0.2, 0) is 0 Å². The number of halogens is 1. The molecule has 0 bridgehead atoms. The van der Waals surface area contributed by atoms with Gasteiger partial charge in [-0.15, -0.1) is 11.6 Å². The van der Waals surface area contributed by atoms with Crippen LogP contribution in [0.25, 0.3) is 0 Å². The van der Waals surface area contributed by atoms with Crippen molar-refractivity contribution in [3.63, 3.8) is 0 Å². The largest absolute Gasteiger partial charge is 0.496 e. The molecule has 0 saturated heterocycles. The Morgan fingerprint density at radius 3 is 2.10 bits per heavy atom. The zero-order valence-electron chi connectivity index (χ0n) is 12.2. The van der Waals surface area contributed by atoms with Gasteiger partial charge in [0.25, 0.3) is 5.91 Å². The van der Waals surface area contributed by atoms with E-state index < -0.39 is 0 Å². The van der Waals surface area contributed by atoms with Gasteiger partial charge in [0.1, 0.15) is 5.75 Å². The first-order valence-electron chi connectivity index (χ1n) is 6.28. The Labute approximate surface area is 124 Å². The summed E-state index contributed by atoms with van der Waals surface area (Å²) >= 11 is 5.72. The van der Waals surface area contributed by atoms with Crippen LogP contribution in [0.2, 0.25) is 0 Å². The molecule has 0 unspecified atom stereocenters. The van der Waals surface area contributed by atoms with Crippen LogP contribution in [0.4, 0.5) is 0 Å². The highest BCUT2D eigenvalue weighted by atomic mass is 35.5. The molecule has 0 fully saturated rings. The molecule has 0 atom stereocenters. The number of nitrogens with zero attached hydrogens (tertiary/aromatic N) is 1. The lowest BCUT2D eigenvalue weighted by Gasteiger charge is -2.21. The summed E-state index contributed by atoms with van der Waals surface area (Å²) in [5.41, 5.74) is 0.428. The fourth-order valence-electron chi connectivity index (χ4n) is 1.87. The van der Waals surface area contributed by atoms with E-state index in [1.54, 1.807) is 17.0 Å². The second-order valence-corrected chi connectivity index (χ2v) is 4.36. The van der Waals surface area contributed by atoms with Gasteiger partial charge in [0.2, 0.25) is 0 Å². The number of alkyl halides is 1. The van der Waals surface area contributed by atoms with E-state index in [0.29, 0.717) is 41.8 Å². The quantitative estimate of drug-likeness (QED) is 0.726. The van der Waals surface area contributed by atoms with E-state index in [1.807, 2.05) is 6.92 Å². The second kappa shape index (κ2) is 7.85. The lowest BCUT2D eigenvalue weighted by Crippen LogP contribution is -2.32. The Bertz CT molecular complexity index is 465. The van der Waals surface area contributed by atoms with Gasteiger partial charge in [-0.3, -0.25) is 4.79 Å². The van der Waals surface area contributed by atoms with Gasteiger partial charge in [-0.2, -0.15) is 0 Å². The van der Waals surface area contributed by atoms with E-state index in [9.17, 15) is 4.79 Å². The maximum Gasteiger partial charge on any atom is 0.257 e. The molecule has 1 amide bonds. The number of carbonyl (C=O) groups is 1. The van der Waals surface area contributed by atoms with E-state index >= 15 is 0 Å². The number of hydrogen-bond donors (Lipinski definition) is 0. The minimum Gasteiger partial charge on any atom is -0.496 e. The Hall–Kier alpha value is -1.62. The first-order valence-corrected chi connectivity index (χ1v) is 6.81. The Kier molecular flexibility index (Phi) is 6.45. The van der Waals surface area contributed by atoms with E-state index in [2.05, 4.69) is 0 Å². The van der Waals surface area contributed by atoms with E-state index in [-0.39, 0.29) is 5.91 Å². The number of benzene rings is 1. The monoisotopic (exact) mass is 301 g/mol. The minimum atomic E-state index is -0.147. The molecule has 0 saturated carbocycles. The third kappa shape index (κ3) is 3.48. The van der Waals surface area contributed by atoms with Gasteiger partial charge in [-0.1, -0.05) is 0 Å². The van der Waals surface area contributed by atoms with Crippen molar-refractivity contribution in [1.29, 1.82) is 0 Å². The summed E-state index contributed by atoms with van der Waals surface area (Å²) in [4.78, 5) is 14.2. The summed E-state index contributed by atoms with van der Waals surface area (Å²) < 4.78 is 15.7. The summed E-state index contributed by atoms with van der Waals surface area (Å²) in [6, 6.07) is 3.26. The van der Waals surface area contributed by atoms with Crippen LogP contribution in [-0.4, -0.2) is 51.1 Å². The second-order valence-electron chi connectivity index (χ2n) is 3.98. The van der Waals surface area contributed by atoms with Crippen LogP contribution in [0.3, 0.4) is 0 Å². The molecule has 0 aliphatic rings. The lowest BCUT2D eigenvalue weighted by atomic mass is 10.1. The maximum absolute atomic E-state index is 12.5. The SMILES string of the molecule is CCN(CCCl)C(=O)c1cc(OC)c(OC)cc1OC. The molecule has 0 aliphatic heterocycles. The Morgan fingerprint density at radius 2 is 1.65 bits per heavy atom. The van der Waals surface area contributed by atoms with Crippen molar-refractivity contribution in [2.75, 3.05) is 40.3 Å². The lowest BCUT2D eigenvalue weighted by molar-refractivity contribution is 0.0770. The number of methoxy groups -OCH3 is 3. The van der Waals surface area contributed by atoms with Crippen LogP contribution in [0, 0.1) is 0 Å². The van der Waals surface area contributed by atoms with Crippen molar-refractivity contribution >= 4 is 17.5 Å². The normalized spacial score (nSPS) is 10.1. The molecule has 0 N–H and O–H groups in total. The molecule has 1 aromatic rings. The molecule has 112 valence electrons. The third-order valence-corrected chi connectivity index (χ3v) is 3.13.